The average molecular weight is 164 g/mol. The molecule has 1 rings (SSSR count). The highest BCUT2D eigenvalue weighted by atomic mass is 14.8. The molecular weight excluding hydrogens is 148 g/mol. The Labute approximate surface area is 73.6 Å². The molecule has 0 saturated heterocycles. The SMILES string of the molecule is CC(N)(CN)Cc1ccccc1. The van der Waals surface area contributed by atoms with Crippen molar-refractivity contribution < 1.29 is 0 Å². The Morgan fingerprint density at radius 1 is 1.25 bits per heavy atom. The zero-order valence-electron chi connectivity index (χ0n) is 7.46. The standard InChI is InChI=1S/C10H16N2/c1-10(12,8-11)7-9-5-3-2-4-6-9/h2-6H,7-8,11-12H2,1H3. The fraction of sp³-hybridized carbons (Fsp3) is 0.400. The summed E-state index contributed by atoms with van der Waals surface area (Å²) in [5.74, 6) is 0. The molecule has 0 aromatic heterocycles. The van der Waals surface area contributed by atoms with Gasteiger partial charge in [-0.15, -0.1) is 0 Å². The van der Waals surface area contributed by atoms with Crippen LogP contribution in [0.5, 0.6) is 0 Å². The van der Waals surface area contributed by atoms with E-state index in [0.717, 1.165) is 6.42 Å². The van der Waals surface area contributed by atoms with Crippen LogP contribution in [0.1, 0.15) is 12.5 Å². The van der Waals surface area contributed by atoms with Gasteiger partial charge < -0.3 is 11.5 Å². The van der Waals surface area contributed by atoms with Crippen molar-refractivity contribution in [2.24, 2.45) is 11.5 Å². The highest BCUT2D eigenvalue weighted by molar-refractivity contribution is 5.17. The van der Waals surface area contributed by atoms with Gasteiger partial charge in [0, 0.05) is 12.1 Å². The van der Waals surface area contributed by atoms with Crippen LogP contribution in [-0.4, -0.2) is 12.1 Å². The van der Waals surface area contributed by atoms with Gasteiger partial charge in [-0.05, 0) is 18.9 Å². The lowest BCUT2D eigenvalue weighted by atomic mass is 9.94. The zero-order chi connectivity index (χ0) is 9.03. The van der Waals surface area contributed by atoms with Crippen LogP contribution in [0.2, 0.25) is 0 Å². The van der Waals surface area contributed by atoms with Crippen LogP contribution in [0.15, 0.2) is 30.3 Å². The second kappa shape index (κ2) is 3.70. The molecule has 0 heterocycles. The van der Waals surface area contributed by atoms with E-state index in [9.17, 15) is 0 Å². The van der Waals surface area contributed by atoms with E-state index >= 15 is 0 Å². The molecule has 2 nitrogen and oxygen atoms in total. The lowest BCUT2D eigenvalue weighted by Gasteiger charge is -2.22. The van der Waals surface area contributed by atoms with E-state index in [0.29, 0.717) is 6.54 Å². The third-order valence-electron chi connectivity index (χ3n) is 1.92. The molecule has 0 radical (unpaired) electrons. The van der Waals surface area contributed by atoms with Crippen LogP contribution >= 0.6 is 0 Å². The molecule has 1 aromatic carbocycles. The zero-order valence-corrected chi connectivity index (χ0v) is 7.46. The predicted molar refractivity (Wildman–Crippen MR) is 51.8 cm³/mol. The van der Waals surface area contributed by atoms with Crippen LogP contribution in [0.25, 0.3) is 0 Å². The summed E-state index contributed by atoms with van der Waals surface area (Å²) in [6, 6.07) is 10.2. The first kappa shape index (κ1) is 9.23. The minimum atomic E-state index is -0.276. The van der Waals surface area contributed by atoms with Gasteiger partial charge in [0.2, 0.25) is 0 Å². The van der Waals surface area contributed by atoms with E-state index in [1.165, 1.54) is 5.56 Å². The first-order valence-corrected chi connectivity index (χ1v) is 4.17. The number of nitrogens with two attached hydrogens (primary N) is 2. The Morgan fingerprint density at radius 2 is 1.83 bits per heavy atom. The molecule has 1 aromatic rings. The molecule has 0 saturated carbocycles. The maximum atomic E-state index is 5.92. The maximum Gasteiger partial charge on any atom is 0.0290 e. The minimum Gasteiger partial charge on any atom is -0.329 e. The normalized spacial score (nSPS) is 15.6. The Bertz CT molecular complexity index is 229. The summed E-state index contributed by atoms with van der Waals surface area (Å²) in [7, 11) is 0. The van der Waals surface area contributed by atoms with Crippen molar-refractivity contribution in [3.63, 3.8) is 0 Å². The van der Waals surface area contributed by atoms with Gasteiger partial charge in [0.25, 0.3) is 0 Å². The van der Waals surface area contributed by atoms with Crippen molar-refractivity contribution in [3.8, 4) is 0 Å². The molecule has 0 spiro atoms. The lowest BCUT2D eigenvalue weighted by Crippen LogP contribution is -2.45. The number of rotatable bonds is 3. The molecule has 1 unspecified atom stereocenters. The van der Waals surface area contributed by atoms with Gasteiger partial charge in [0.05, 0.1) is 0 Å². The van der Waals surface area contributed by atoms with Crippen LogP contribution in [-0.2, 0) is 6.42 Å². The average Bonchev–Trinajstić information content (AvgIpc) is 2.06. The molecular formula is C10H16N2. The Morgan fingerprint density at radius 3 is 2.33 bits per heavy atom. The summed E-state index contributed by atoms with van der Waals surface area (Å²) in [6.45, 7) is 2.49. The third kappa shape index (κ3) is 2.64. The fourth-order valence-electron chi connectivity index (χ4n) is 1.13. The Balaban J connectivity index is 2.64. The van der Waals surface area contributed by atoms with Crippen molar-refractivity contribution in [1.29, 1.82) is 0 Å². The van der Waals surface area contributed by atoms with Gasteiger partial charge >= 0.3 is 0 Å². The molecule has 66 valence electrons. The summed E-state index contributed by atoms with van der Waals surface area (Å²) >= 11 is 0. The highest BCUT2D eigenvalue weighted by Gasteiger charge is 2.15. The topological polar surface area (TPSA) is 52.0 Å². The summed E-state index contributed by atoms with van der Waals surface area (Å²) in [5.41, 5.74) is 12.4. The first-order valence-electron chi connectivity index (χ1n) is 4.17. The molecule has 0 aliphatic rings. The fourth-order valence-corrected chi connectivity index (χ4v) is 1.13. The largest absolute Gasteiger partial charge is 0.329 e. The molecule has 0 amide bonds. The summed E-state index contributed by atoms with van der Waals surface area (Å²) in [6.07, 6.45) is 0.838. The van der Waals surface area contributed by atoms with Crippen molar-refractivity contribution in [3.05, 3.63) is 35.9 Å². The van der Waals surface area contributed by atoms with Crippen molar-refractivity contribution in [1.82, 2.24) is 0 Å². The van der Waals surface area contributed by atoms with Gasteiger partial charge in [0.1, 0.15) is 0 Å². The number of benzene rings is 1. The van der Waals surface area contributed by atoms with Crippen molar-refractivity contribution in [2.75, 3.05) is 6.54 Å². The lowest BCUT2D eigenvalue weighted by molar-refractivity contribution is 0.477. The van der Waals surface area contributed by atoms with Crippen LogP contribution in [0.4, 0.5) is 0 Å². The molecule has 1 atom stereocenters. The van der Waals surface area contributed by atoms with Crippen molar-refractivity contribution in [2.45, 2.75) is 18.9 Å². The number of hydrogen-bond acceptors (Lipinski definition) is 2. The van der Waals surface area contributed by atoms with E-state index in [1.54, 1.807) is 0 Å². The van der Waals surface area contributed by atoms with Crippen LogP contribution in [0.3, 0.4) is 0 Å². The maximum absolute atomic E-state index is 5.92. The monoisotopic (exact) mass is 164 g/mol. The second-order valence-corrected chi connectivity index (χ2v) is 3.52. The molecule has 0 aliphatic heterocycles. The smallest absolute Gasteiger partial charge is 0.0290 e. The van der Waals surface area contributed by atoms with E-state index in [4.69, 9.17) is 11.5 Å². The summed E-state index contributed by atoms with van der Waals surface area (Å²) in [5, 5.41) is 0. The molecule has 4 N–H and O–H groups in total. The Kier molecular flexibility index (Phi) is 2.84. The van der Waals surface area contributed by atoms with E-state index < -0.39 is 0 Å². The third-order valence-corrected chi connectivity index (χ3v) is 1.92. The Hall–Kier alpha value is -0.860. The van der Waals surface area contributed by atoms with Crippen LogP contribution < -0.4 is 11.5 Å². The van der Waals surface area contributed by atoms with Gasteiger partial charge in [-0.1, -0.05) is 30.3 Å². The number of hydrogen-bond donors (Lipinski definition) is 2. The molecule has 12 heavy (non-hydrogen) atoms. The van der Waals surface area contributed by atoms with E-state index in [1.807, 2.05) is 25.1 Å². The summed E-state index contributed by atoms with van der Waals surface area (Å²) in [4.78, 5) is 0. The molecule has 2 heteroatoms. The predicted octanol–water partition coefficient (Wildman–Crippen LogP) is 0.905. The van der Waals surface area contributed by atoms with Crippen LogP contribution in [0, 0.1) is 0 Å². The quantitative estimate of drug-likeness (QED) is 0.697. The first-order chi connectivity index (χ1) is 5.64. The highest BCUT2D eigenvalue weighted by Crippen LogP contribution is 2.08. The minimum absolute atomic E-state index is 0.276. The van der Waals surface area contributed by atoms with E-state index in [2.05, 4.69) is 12.1 Å². The summed E-state index contributed by atoms with van der Waals surface area (Å²) < 4.78 is 0. The van der Waals surface area contributed by atoms with Gasteiger partial charge in [-0.2, -0.15) is 0 Å². The van der Waals surface area contributed by atoms with Gasteiger partial charge in [0.15, 0.2) is 0 Å². The molecule has 0 bridgehead atoms. The van der Waals surface area contributed by atoms with Crippen molar-refractivity contribution >= 4 is 0 Å². The van der Waals surface area contributed by atoms with Gasteiger partial charge in [-0.3, -0.25) is 0 Å². The van der Waals surface area contributed by atoms with Gasteiger partial charge in [-0.25, -0.2) is 0 Å². The molecule has 0 aliphatic carbocycles. The second-order valence-electron chi connectivity index (χ2n) is 3.52. The van der Waals surface area contributed by atoms with E-state index in [-0.39, 0.29) is 5.54 Å². The molecule has 0 fully saturated rings.